The number of nitrogens with zero attached hydrogens (tertiary/aromatic N) is 4. The lowest BCUT2D eigenvalue weighted by Gasteiger charge is -2.34. The van der Waals surface area contributed by atoms with E-state index in [2.05, 4.69) is 33.9 Å². The lowest BCUT2D eigenvalue weighted by molar-refractivity contribution is -0.190. The van der Waals surface area contributed by atoms with Gasteiger partial charge in [-0.15, -0.1) is 5.10 Å². The Hall–Kier alpha value is -3.22. The first-order chi connectivity index (χ1) is 19.5. The minimum absolute atomic E-state index is 0.0724. The van der Waals surface area contributed by atoms with Crippen molar-refractivity contribution in [1.82, 2.24) is 24.8 Å². The normalized spacial score (nSPS) is 23.6. The molecule has 1 amide bonds. The first kappa shape index (κ1) is 29.3. The summed E-state index contributed by atoms with van der Waals surface area (Å²) in [5.74, 6) is 1.36. The van der Waals surface area contributed by atoms with Crippen molar-refractivity contribution in [3.05, 3.63) is 41.1 Å². The van der Waals surface area contributed by atoms with Gasteiger partial charge in [-0.25, -0.2) is 9.67 Å². The molecule has 41 heavy (non-hydrogen) atoms. The molecular weight excluding hydrogens is 555 g/mol. The number of fused-ring (bicyclic) bond motifs is 4. The number of halogens is 3. The maximum atomic E-state index is 13.4. The van der Waals surface area contributed by atoms with Crippen LogP contribution in [-0.2, 0) is 0 Å². The van der Waals surface area contributed by atoms with Crippen LogP contribution in [0.15, 0.2) is 35.5 Å². The predicted octanol–water partition coefficient (Wildman–Crippen LogP) is 5.63. The highest BCUT2D eigenvalue weighted by atomic mass is 32.2. The van der Waals surface area contributed by atoms with E-state index in [4.69, 9.17) is 15.1 Å². The third-order valence-corrected chi connectivity index (χ3v) is 9.00. The van der Waals surface area contributed by atoms with Gasteiger partial charge in [-0.2, -0.15) is 13.2 Å². The maximum absolute atomic E-state index is 13.4. The SMILES string of the molecule is CC1(C)CC2CCCCN/C=C(\C=N)SNC(=O)c3ccc(-n4ccc(OCCC5(C(F)(F)F)CC5)n4)nc3N1C2. The molecule has 3 aliphatic rings. The molecule has 3 N–H and O–H groups in total. The summed E-state index contributed by atoms with van der Waals surface area (Å²) in [5, 5.41) is 15.3. The van der Waals surface area contributed by atoms with Crippen LogP contribution in [0.5, 0.6) is 5.88 Å². The number of amides is 1. The molecule has 1 unspecified atom stereocenters. The largest absolute Gasteiger partial charge is 0.477 e. The van der Waals surface area contributed by atoms with Gasteiger partial charge in [-0.1, -0.05) is 6.42 Å². The second kappa shape index (κ2) is 11.6. The third kappa shape index (κ3) is 6.49. The number of carbonyl (C=O) groups is 1. The Morgan fingerprint density at radius 1 is 1.24 bits per heavy atom. The summed E-state index contributed by atoms with van der Waals surface area (Å²) < 4.78 is 49.6. The molecule has 1 atom stereocenters. The smallest absolute Gasteiger partial charge is 0.394 e. The van der Waals surface area contributed by atoms with Crippen LogP contribution < -0.4 is 19.7 Å². The molecule has 1 saturated carbocycles. The van der Waals surface area contributed by atoms with E-state index in [0.717, 1.165) is 50.7 Å². The quantitative estimate of drug-likeness (QED) is 0.295. The number of aromatic nitrogens is 3. The van der Waals surface area contributed by atoms with Crippen LogP contribution in [0.25, 0.3) is 5.82 Å². The number of hydrogen-bond donors (Lipinski definition) is 3. The zero-order valence-corrected chi connectivity index (χ0v) is 24.1. The minimum atomic E-state index is -4.21. The van der Waals surface area contributed by atoms with E-state index in [0.29, 0.717) is 28.0 Å². The topological polar surface area (TPSA) is 108 Å². The fourth-order valence-electron chi connectivity index (χ4n) is 5.68. The van der Waals surface area contributed by atoms with E-state index in [9.17, 15) is 18.0 Å². The van der Waals surface area contributed by atoms with Crippen molar-refractivity contribution < 1.29 is 22.7 Å². The fourth-order valence-corrected chi connectivity index (χ4v) is 6.21. The van der Waals surface area contributed by atoms with Gasteiger partial charge in [0.1, 0.15) is 5.82 Å². The molecule has 2 fully saturated rings. The number of carbonyl (C=O) groups excluding carboxylic acids is 1. The zero-order chi connectivity index (χ0) is 29.3. The summed E-state index contributed by atoms with van der Waals surface area (Å²) in [7, 11) is 0. The molecular formula is C28H36F3N7O2S. The van der Waals surface area contributed by atoms with E-state index >= 15 is 0 Å². The number of nitrogens with one attached hydrogen (secondary N) is 3. The van der Waals surface area contributed by atoms with Gasteiger partial charge in [0.05, 0.1) is 22.5 Å². The van der Waals surface area contributed by atoms with Crippen LogP contribution in [0.2, 0.25) is 0 Å². The molecule has 4 heterocycles. The van der Waals surface area contributed by atoms with Crippen LogP contribution in [0.3, 0.4) is 0 Å². The number of rotatable bonds is 6. The molecule has 2 aromatic heterocycles. The van der Waals surface area contributed by atoms with Gasteiger partial charge in [0.25, 0.3) is 5.91 Å². The first-order valence-electron chi connectivity index (χ1n) is 14.0. The van der Waals surface area contributed by atoms with Crippen LogP contribution in [0.4, 0.5) is 19.0 Å². The molecule has 2 aliphatic heterocycles. The highest BCUT2D eigenvalue weighted by Gasteiger charge is 2.62. The van der Waals surface area contributed by atoms with Crippen molar-refractivity contribution in [2.45, 2.75) is 70.5 Å². The van der Waals surface area contributed by atoms with Gasteiger partial charge < -0.3 is 20.4 Å². The van der Waals surface area contributed by atoms with Gasteiger partial charge >= 0.3 is 6.18 Å². The first-order valence-corrected chi connectivity index (χ1v) is 14.8. The summed E-state index contributed by atoms with van der Waals surface area (Å²) in [6, 6.07) is 5.00. The molecule has 5 rings (SSSR count). The summed E-state index contributed by atoms with van der Waals surface area (Å²) in [5.41, 5.74) is -1.44. The highest BCUT2D eigenvalue weighted by molar-refractivity contribution is 8.02. The van der Waals surface area contributed by atoms with E-state index in [1.165, 1.54) is 10.9 Å². The van der Waals surface area contributed by atoms with E-state index < -0.39 is 11.6 Å². The molecule has 222 valence electrons. The maximum Gasteiger partial charge on any atom is 0.394 e. The van der Waals surface area contributed by atoms with Crippen LogP contribution in [0, 0.1) is 16.7 Å². The molecule has 1 aliphatic carbocycles. The lowest BCUT2D eigenvalue weighted by Crippen LogP contribution is -2.40. The van der Waals surface area contributed by atoms with Gasteiger partial charge in [0, 0.05) is 43.3 Å². The molecule has 0 aromatic carbocycles. The van der Waals surface area contributed by atoms with Crippen LogP contribution in [-0.4, -0.2) is 58.3 Å². The summed E-state index contributed by atoms with van der Waals surface area (Å²) >= 11 is 1.07. The molecule has 0 spiro atoms. The van der Waals surface area contributed by atoms with Crippen molar-refractivity contribution >= 4 is 29.9 Å². The average molecular weight is 592 g/mol. The Morgan fingerprint density at radius 3 is 2.78 bits per heavy atom. The monoisotopic (exact) mass is 591 g/mol. The number of allylic oxidation sites excluding steroid dienone is 1. The molecule has 9 nitrogen and oxygen atoms in total. The Kier molecular flexibility index (Phi) is 8.27. The predicted molar refractivity (Wildman–Crippen MR) is 153 cm³/mol. The minimum Gasteiger partial charge on any atom is -0.477 e. The second-order valence-corrected chi connectivity index (χ2v) is 12.6. The fraction of sp³-hybridized carbons (Fsp3) is 0.571. The number of ether oxygens (including phenoxy) is 1. The van der Waals surface area contributed by atoms with Gasteiger partial charge in [0.15, 0.2) is 5.82 Å². The molecule has 2 bridgehead atoms. The summed E-state index contributed by atoms with van der Waals surface area (Å²) in [6.07, 6.45) is 4.67. The Morgan fingerprint density at radius 2 is 2.05 bits per heavy atom. The van der Waals surface area contributed by atoms with Crippen molar-refractivity contribution in [3.63, 3.8) is 0 Å². The number of alkyl halides is 3. The molecule has 0 radical (unpaired) electrons. The number of pyridine rings is 1. The zero-order valence-electron chi connectivity index (χ0n) is 23.3. The van der Waals surface area contributed by atoms with Crippen LogP contribution in [0.1, 0.15) is 69.2 Å². The molecule has 1 saturated heterocycles. The summed E-state index contributed by atoms with van der Waals surface area (Å²) in [4.78, 5) is 21.0. The van der Waals surface area contributed by atoms with Gasteiger partial charge in [-0.05, 0) is 82.4 Å². The van der Waals surface area contributed by atoms with Crippen molar-refractivity contribution in [2.75, 3.05) is 24.6 Å². The lowest BCUT2D eigenvalue weighted by atomic mass is 9.93. The van der Waals surface area contributed by atoms with Crippen molar-refractivity contribution in [1.29, 1.82) is 5.41 Å². The highest BCUT2D eigenvalue weighted by Crippen LogP contribution is 2.59. The van der Waals surface area contributed by atoms with Gasteiger partial charge in [-0.3, -0.25) is 9.52 Å². The molecule has 13 heteroatoms. The molecule has 2 aromatic rings. The number of anilines is 1. The Balaban J connectivity index is 1.39. The van der Waals surface area contributed by atoms with Gasteiger partial charge in [0.2, 0.25) is 5.88 Å². The Bertz CT molecular complexity index is 1310. The third-order valence-electron chi connectivity index (χ3n) is 8.24. The standard InChI is InChI=1S/C28H36F3N7O2S/c1-26(2)15-19-5-3-4-12-33-17-20(16-32)41-36-25(39)21-6-7-22(34-24(21)37(26)18-19)38-13-8-23(35-38)40-14-11-27(9-10-27)28(29,30)31/h6-8,13,16-17,19,32-33H,3-5,9-12,14-15,18H2,1-2H3,(H,36,39)/b20-17+,32-16?. The Labute approximate surface area is 241 Å². The number of hydrogen-bond acceptors (Lipinski definition) is 8. The van der Waals surface area contributed by atoms with E-state index in [1.54, 1.807) is 30.6 Å². The van der Waals surface area contributed by atoms with Crippen molar-refractivity contribution in [2.24, 2.45) is 11.3 Å². The average Bonchev–Trinajstić information content (AvgIpc) is 3.48. The second-order valence-electron chi connectivity index (χ2n) is 11.7. The van der Waals surface area contributed by atoms with Crippen LogP contribution >= 0.6 is 11.9 Å². The van der Waals surface area contributed by atoms with E-state index in [-0.39, 0.29) is 43.2 Å². The summed E-state index contributed by atoms with van der Waals surface area (Å²) in [6.45, 7) is 5.81. The van der Waals surface area contributed by atoms with Crippen molar-refractivity contribution in [3.8, 4) is 11.7 Å². The van der Waals surface area contributed by atoms with E-state index in [1.807, 2.05) is 0 Å².